The molecule has 0 aliphatic carbocycles. The highest BCUT2D eigenvalue weighted by Crippen LogP contribution is 2.29. The van der Waals surface area contributed by atoms with Gasteiger partial charge in [0.05, 0.1) is 0 Å². The van der Waals surface area contributed by atoms with Gasteiger partial charge in [0.1, 0.15) is 0 Å². The largest absolute Gasteiger partial charge is 0.204 e. The first-order valence-corrected chi connectivity index (χ1v) is 11.5. The lowest BCUT2D eigenvalue weighted by Gasteiger charge is -2.34. The molecule has 0 aliphatic rings. The van der Waals surface area contributed by atoms with Crippen molar-refractivity contribution in [3.05, 3.63) is 99.9 Å². The van der Waals surface area contributed by atoms with E-state index in [1.807, 2.05) is 0 Å². The second kappa shape index (κ2) is 9.46. The molecule has 0 heterocycles. The second-order valence-electron chi connectivity index (χ2n) is 7.23. The normalized spacial score (nSPS) is 11.9. The fourth-order valence-corrected chi connectivity index (χ4v) is 8.54. The molecule has 0 spiro atoms. The maximum Gasteiger partial charge on any atom is 0.200 e. The summed E-state index contributed by atoms with van der Waals surface area (Å²) in [5.74, 6) is -45.0. The first kappa shape index (κ1) is 28.1. The van der Waals surface area contributed by atoms with E-state index in [0.29, 0.717) is 0 Å². The van der Waals surface area contributed by atoms with Crippen molar-refractivity contribution in [2.24, 2.45) is 0 Å². The van der Waals surface area contributed by atoms with E-state index in [4.69, 9.17) is 0 Å². The molecule has 3 aromatic rings. The van der Waals surface area contributed by atoms with Crippen molar-refractivity contribution in [2.75, 3.05) is 0 Å². The molecule has 0 amide bonds. The average Bonchev–Trinajstić information content (AvgIpc) is 2.86. The van der Waals surface area contributed by atoms with Gasteiger partial charge in [-0.1, -0.05) is 6.08 Å². The van der Waals surface area contributed by atoms with Gasteiger partial charge < -0.3 is 0 Å². The Morgan fingerprint density at radius 1 is 0.351 bits per heavy atom. The predicted molar refractivity (Wildman–Crippen MR) is 98.4 cm³/mol. The topological polar surface area (TPSA) is 0 Å². The molecule has 198 valence electrons. The zero-order valence-corrected chi connectivity index (χ0v) is 18.2. The van der Waals surface area contributed by atoms with Crippen LogP contribution in [0.4, 0.5) is 65.9 Å². The van der Waals surface area contributed by atoms with Gasteiger partial charge in [-0.05, 0) is 6.04 Å². The van der Waals surface area contributed by atoms with Gasteiger partial charge in [0.2, 0.25) is 17.5 Å². The molecule has 0 unspecified atom stereocenters. The van der Waals surface area contributed by atoms with Gasteiger partial charge in [-0.15, -0.1) is 6.58 Å². The number of allylic oxidation sites excluding steroid dienone is 1. The van der Waals surface area contributed by atoms with Crippen LogP contribution >= 0.6 is 0 Å². The number of hydrogen-bond acceptors (Lipinski definition) is 0. The van der Waals surface area contributed by atoms with Crippen LogP contribution in [0, 0.1) is 87.3 Å². The van der Waals surface area contributed by atoms with Gasteiger partial charge in [-0.25, -0.2) is 65.9 Å². The minimum Gasteiger partial charge on any atom is -0.204 e. The smallest absolute Gasteiger partial charge is 0.200 e. The Morgan fingerprint density at radius 3 is 0.676 bits per heavy atom. The van der Waals surface area contributed by atoms with Crippen molar-refractivity contribution >= 4 is 23.6 Å². The zero-order valence-electron chi connectivity index (χ0n) is 17.2. The Balaban J connectivity index is 2.88. The summed E-state index contributed by atoms with van der Waals surface area (Å²) in [6.45, 7) is 2.90. The summed E-state index contributed by atoms with van der Waals surface area (Å²) in [4.78, 5) is 0. The second-order valence-corrected chi connectivity index (χ2v) is 11.0. The van der Waals surface area contributed by atoms with E-state index in [2.05, 4.69) is 6.58 Å². The van der Waals surface area contributed by atoms with Crippen LogP contribution in [-0.4, -0.2) is 8.07 Å². The van der Waals surface area contributed by atoms with Crippen LogP contribution in [0.15, 0.2) is 12.7 Å². The van der Waals surface area contributed by atoms with Gasteiger partial charge in [-0.3, -0.25) is 0 Å². The average molecular weight is 570 g/mol. The number of halogens is 15. The SMILES string of the molecule is C=CC[Si](c1c(F)c(F)c(F)c(F)c1F)(c1c(F)c(F)c(F)c(F)c1F)c1c(F)c(F)c(F)c(F)c1F. The van der Waals surface area contributed by atoms with Crippen molar-refractivity contribution in [2.45, 2.75) is 6.04 Å². The Hall–Kier alpha value is -3.43. The quantitative estimate of drug-likeness (QED) is 0.0960. The lowest BCUT2D eigenvalue weighted by Crippen LogP contribution is -2.73. The molecule has 0 radical (unpaired) electrons. The Morgan fingerprint density at radius 2 is 0.514 bits per heavy atom. The molecule has 0 saturated heterocycles. The van der Waals surface area contributed by atoms with E-state index < -0.39 is 117 Å². The number of benzene rings is 3. The summed E-state index contributed by atoms with van der Waals surface area (Å²) in [6, 6.07) is -1.80. The molecule has 3 rings (SSSR count). The third-order valence-corrected chi connectivity index (χ3v) is 10.1. The van der Waals surface area contributed by atoms with Crippen molar-refractivity contribution in [1.29, 1.82) is 0 Å². The van der Waals surface area contributed by atoms with Crippen LogP contribution in [-0.2, 0) is 0 Å². The molecule has 0 N–H and O–H groups in total. The first-order valence-electron chi connectivity index (χ1n) is 9.25. The van der Waals surface area contributed by atoms with Crippen LogP contribution in [0.25, 0.3) is 0 Å². The van der Waals surface area contributed by atoms with Gasteiger partial charge in [0.25, 0.3) is 0 Å². The monoisotopic (exact) mass is 570 g/mol. The van der Waals surface area contributed by atoms with Gasteiger partial charge >= 0.3 is 0 Å². The summed E-state index contributed by atoms with van der Waals surface area (Å²) in [6.07, 6.45) is 0.223. The third kappa shape index (κ3) is 3.71. The van der Waals surface area contributed by atoms with Crippen LogP contribution in [0.3, 0.4) is 0 Å². The molecule has 0 aromatic heterocycles. The molecule has 37 heavy (non-hydrogen) atoms. The molecule has 0 atom stereocenters. The molecule has 0 saturated carbocycles. The predicted octanol–water partition coefficient (Wildman–Crippen LogP) is 5.43. The van der Waals surface area contributed by atoms with Crippen LogP contribution in [0.2, 0.25) is 6.04 Å². The van der Waals surface area contributed by atoms with Crippen molar-refractivity contribution < 1.29 is 65.9 Å². The van der Waals surface area contributed by atoms with Crippen LogP contribution in [0.1, 0.15) is 0 Å². The standard InChI is InChI=1S/C21H5F15Si/c1-2-3-37(19-13(31)7(25)4(22)8(26)14(19)32,20-15(33)9(27)5(23)10(28)16(20)34)21-17(35)11(29)6(24)12(30)18(21)36/h2H,1,3H2. The van der Waals surface area contributed by atoms with Crippen molar-refractivity contribution in [1.82, 2.24) is 0 Å². The fraction of sp³-hybridized carbons (Fsp3) is 0.0476. The van der Waals surface area contributed by atoms with Gasteiger partial charge in [-0.2, -0.15) is 0 Å². The minimum atomic E-state index is -6.76. The maximum absolute atomic E-state index is 14.9. The Labute approximate surface area is 196 Å². The zero-order chi connectivity index (χ0) is 28.3. The van der Waals surface area contributed by atoms with Gasteiger partial charge in [0.15, 0.2) is 77.9 Å². The molecular formula is C21H5F15Si. The highest BCUT2D eigenvalue weighted by molar-refractivity contribution is 7.12. The lowest BCUT2D eigenvalue weighted by molar-refractivity contribution is 0.379. The minimum absolute atomic E-state index is 0.223. The molecule has 0 aliphatic heterocycles. The van der Waals surface area contributed by atoms with Crippen molar-refractivity contribution in [3.63, 3.8) is 0 Å². The maximum atomic E-state index is 14.9. The van der Waals surface area contributed by atoms with E-state index >= 15 is 0 Å². The van der Waals surface area contributed by atoms with E-state index in [1.54, 1.807) is 0 Å². The van der Waals surface area contributed by atoms with E-state index in [9.17, 15) is 65.9 Å². The molecule has 0 bridgehead atoms. The Bertz CT molecular complexity index is 1230. The summed E-state index contributed by atoms with van der Waals surface area (Å²) >= 11 is 0. The molecule has 0 fully saturated rings. The van der Waals surface area contributed by atoms with E-state index in [-0.39, 0.29) is 6.08 Å². The van der Waals surface area contributed by atoms with Gasteiger partial charge in [0, 0.05) is 15.6 Å². The summed E-state index contributed by atoms with van der Waals surface area (Å²) < 4.78 is 215. The molecule has 16 heteroatoms. The van der Waals surface area contributed by atoms with Crippen LogP contribution < -0.4 is 15.6 Å². The first-order chi connectivity index (χ1) is 17.1. The highest BCUT2D eigenvalue weighted by Gasteiger charge is 2.54. The number of rotatable bonds is 5. The van der Waals surface area contributed by atoms with Crippen molar-refractivity contribution in [3.8, 4) is 0 Å². The fourth-order valence-electron chi connectivity index (χ4n) is 3.84. The summed E-state index contributed by atoms with van der Waals surface area (Å²) in [5.41, 5.74) is 0. The van der Waals surface area contributed by atoms with E-state index in [1.165, 1.54) is 0 Å². The third-order valence-electron chi connectivity index (χ3n) is 5.36. The lowest BCUT2D eigenvalue weighted by atomic mass is 10.3. The highest BCUT2D eigenvalue weighted by atomic mass is 28.3. The Kier molecular flexibility index (Phi) is 7.20. The molecule has 3 aromatic carbocycles. The summed E-state index contributed by atoms with van der Waals surface area (Å²) in [5, 5.41) is -7.72. The van der Waals surface area contributed by atoms with E-state index in [0.717, 1.165) is 0 Å². The van der Waals surface area contributed by atoms with Crippen LogP contribution in [0.5, 0.6) is 0 Å². The summed E-state index contributed by atoms with van der Waals surface area (Å²) in [7, 11) is -6.76. The molecular weight excluding hydrogens is 565 g/mol. The number of hydrogen-bond donors (Lipinski definition) is 0. The molecule has 0 nitrogen and oxygen atoms in total.